The molecule has 7 nitrogen and oxygen atoms in total. The molecule has 170 valence electrons. The van der Waals surface area contributed by atoms with Crippen molar-refractivity contribution in [1.29, 1.82) is 0 Å². The van der Waals surface area contributed by atoms with E-state index < -0.39 is 4.92 Å². The van der Waals surface area contributed by atoms with Crippen molar-refractivity contribution in [1.82, 2.24) is 9.80 Å². The topological polar surface area (TPSA) is 83.8 Å². The Kier molecular flexibility index (Phi) is 7.98. The number of hydrogen-bond acceptors (Lipinski definition) is 4. The third kappa shape index (κ3) is 5.52. The first-order valence-corrected chi connectivity index (χ1v) is 11.3. The maximum absolute atomic E-state index is 13.2. The number of benzene rings is 2. The van der Waals surface area contributed by atoms with E-state index in [0.717, 1.165) is 37.7 Å². The van der Waals surface area contributed by atoms with Crippen molar-refractivity contribution in [2.24, 2.45) is 0 Å². The van der Waals surface area contributed by atoms with Crippen LogP contribution in [-0.2, 0) is 11.2 Å². The predicted octanol–water partition coefficient (Wildman–Crippen LogP) is 4.76. The van der Waals surface area contributed by atoms with E-state index in [-0.39, 0.29) is 30.1 Å². The number of nitro benzene ring substituents is 1. The van der Waals surface area contributed by atoms with Crippen LogP contribution in [0.25, 0.3) is 0 Å². The van der Waals surface area contributed by atoms with Crippen LogP contribution in [0.5, 0.6) is 0 Å². The summed E-state index contributed by atoms with van der Waals surface area (Å²) in [5, 5.41) is 10.9. The molecule has 2 aromatic carbocycles. The average Bonchev–Trinajstić information content (AvgIpc) is 2.81. The van der Waals surface area contributed by atoms with Gasteiger partial charge in [0.2, 0.25) is 5.91 Å². The number of unbranched alkanes of at least 4 members (excludes halogenated alkanes) is 3. The lowest BCUT2D eigenvalue weighted by molar-refractivity contribution is -0.384. The highest BCUT2D eigenvalue weighted by Crippen LogP contribution is 2.29. The lowest BCUT2D eigenvalue weighted by Gasteiger charge is -2.36. The molecule has 0 fully saturated rings. The molecule has 1 aliphatic heterocycles. The fourth-order valence-corrected chi connectivity index (χ4v) is 4.26. The van der Waals surface area contributed by atoms with E-state index in [4.69, 9.17) is 0 Å². The Hall–Kier alpha value is -3.22. The maximum Gasteiger partial charge on any atom is 0.269 e. The minimum atomic E-state index is -0.490. The standard InChI is InChI=1S/C25H31N3O4/c1-3-4-5-8-16-26(25(30)21-11-13-22(14-12-21)28(31)32)18-24(29)27-17-15-20-9-6-7-10-23(20)19(27)2/h6-7,9-14,19H,3-5,8,15-18H2,1-2H3. The maximum atomic E-state index is 13.2. The van der Waals surface area contributed by atoms with Gasteiger partial charge in [-0.25, -0.2) is 0 Å². The van der Waals surface area contributed by atoms with E-state index in [1.54, 1.807) is 4.90 Å². The molecule has 0 N–H and O–H groups in total. The molecule has 1 atom stereocenters. The van der Waals surface area contributed by atoms with Crippen molar-refractivity contribution < 1.29 is 14.5 Å². The Labute approximate surface area is 189 Å². The summed E-state index contributed by atoms with van der Waals surface area (Å²) in [4.78, 5) is 40.3. The van der Waals surface area contributed by atoms with Crippen LogP contribution in [0.15, 0.2) is 48.5 Å². The van der Waals surface area contributed by atoms with E-state index in [1.807, 2.05) is 24.0 Å². The van der Waals surface area contributed by atoms with Gasteiger partial charge in [-0.15, -0.1) is 0 Å². The van der Waals surface area contributed by atoms with Gasteiger partial charge in [0.15, 0.2) is 0 Å². The lowest BCUT2D eigenvalue weighted by Crippen LogP contribution is -2.46. The van der Waals surface area contributed by atoms with Crippen LogP contribution >= 0.6 is 0 Å². The van der Waals surface area contributed by atoms with E-state index in [2.05, 4.69) is 19.1 Å². The largest absolute Gasteiger partial charge is 0.334 e. The Morgan fingerprint density at radius 3 is 2.50 bits per heavy atom. The Morgan fingerprint density at radius 2 is 1.81 bits per heavy atom. The van der Waals surface area contributed by atoms with Gasteiger partial charge in [-0.1, -0.05) is 50.5 Å². The highest BCUT2D eigenvalue weighted by Gasteiger charge is 2.29. The number of rotatable bonds is 9. The molecule has 1 aliphatic rings. The lowest BCUT2D eigenvalue weighted by atomic mass is 9.93. The molecule has 0 saturated carbocycles. The van der Waals surface area contributed by atoms with Gasteiger partial charge < -0.3 is 9.80 Å². The second-order valence-corrected chi connectivity index (χ2v) is 8.30. The Balaban J connectivity index is 1.74. The molecule has 32 heavy (non-hydrogen) atoms. The van der Waals surface area contributed by atoms with Crippen molar-refractivity contribution in [3.63, 3.8) is 0 Å². The van der Waals surface area contributed by atoms with Gasteiger partial charge in [0, 0.05) is 30.8 Å². The van der Waals surface area contributed by atoms with Gasteiger partial charge in [-0.3, -0.25) is 19.7 Å². The number of carbonyl (C=O) groups is 2. The number of nitro groups is 1. The molecule has 0 saturated heterocycles. The first kappa shape index (κ1) is 23.4. The van der Waals surface area contributed by atoms with Crippen LogP contribution in [0.4, 0.5) is 5.69 Å². The number of non-ortho nitro benzene ring substituents is 1. The Bertz CT molecular complexity index is 958. The van der Waals surface area contributed by atoms with E-state index in [1.165, 1.54) is 29.8 Å². The van der Waals surface area contributed by atoms with Gasteiger partial charge in [0.25, 0.3) is 11.6 Å². The van der Waals surface area contributed by atoms with Crippen molar-refractivity contribution >= 4 is 17.5 Å². The molecule has 0 spiro atoms. The molecule has 0 bridgehead atoms. The van der Waals surface area contributed by atoms with E-state index in [0.29, 0.717) is 18.7 Å². The van der Waals surface area contributed by atoms with Crippen LogP contribution in [0.3, 0.4) is 0 Å². The monoisotopic (exact) mass is 437 g/mol. The molecule has 0 radical (unpaired) electrons. The zero-order valence-electron chi connectivity index (χ0n) is 18.8. The van der Waals surface area contributed by atoms with Crippen LogP contribution in [-0.4, -0.2) is 46.2 Å². The number of carbonyl (C=O) groups excluding carboxylic acids is 2. The summed E-state index contributed by atoms with van der Waals surface area (Å²) in [7, 11) is 0. The molecule has 1 unspecified atom stereocenters. The van der Waals surface area contributed by atoms with Gasteiger partial charge in [0.1, 0.15) is 6.54 Å². The molecular weight excluding hydrogens is 406 g/mol. The zero-order chi connectivity index (χ0) is 23.1. The summed E-state index contributed by atoms with van der Waals surface area (Å²) in [5.41, 5.74) is 2.72. The summed E-state index contributed by atoms with van der Waals surface area (Å²) < 4.78 is 0. The van der Waals surface area contributed by atoms with E-state index >= 15 is 0 Å². The van der Waals surface area contributed by atoms with E-state index in [9.17, 15) is 19.7 Å². The minimum absolute atomic E-state index is 0.00839. The SMILES string of the molecule is CCCCCCN(CC(=O)N1CCc2ccccc2C1C)C(=O)c1ccc([N+](=O)[O-])cc1. The second kappa shape index (κ2) is 10.9. The first-order valence-electron chi connectivity index (χ1n) is 11.3. The summed E-state index contributed by atoms with van der Waals surface area (Å²) >= 11 is 0. The average molecular weight is 438 g/mol. The third-order valence-electron chi connectivity index (χ3n) is 6.14. The van der Waals surface area contributed by atoms with Crippen molar-refractivity contribution in [3.05, 3.63) is 75.3 Å². The molecule has 7 heteroatoms. The van der Waals surface area contributed by atoms with Crippen molar-refractivity contribution in [2.45, 2.75) is 52.0 Å². The van der Waals surface area contributed by atoms with Gasteiger partial charge in [-0.2, -0.15) is 0 Å². The van der Waals surface area contributed by atoms with Gasteiger partial charge in [-0.05, 0) is 43.0 Å². The quantitative estimate of drug-likeness (QED) is 0.322. The summed E-state index contributed by atoms with van der Waals surface area (Å²) in [6.07, 6.45) is 4.77. The molecule has 1 heterocycles. The molecule has 2 amide bonds. The van der Waals surface area contributed by atoms with Crippen LogP contribution in [0.2, 0.25) is 0 Å². The third-order valence-corrected chi connectivity index (χ3v) is 6.14. The van der Waals surface area contributed by atoms with Crippen LogP contribution < -0.4 is 0 Å². The Morgan fingerprint density at radius 1 is 1.09 bits per heavy atom. The fourth-order valence-electron chi connectivity index (χ4n) is 4.26. The predicted molar refractivity (Wildman–Crippen MR) is 123 cm³/mol. The fraction of sp³-hybridized carbons (Fsp3) is 0.440. The van der Waals surface area contributed by atoms with Crippen LogP contribution in [0.1, 0.15) is 67.1 Å². The minimum Gasteiger partial charge on any atom is -0.334 e. The number of hydrogen-bond donors (Lipinski definition) is 0. The molecule has 0 aromatic heterocycles. The molecule has 2 aromatic rings. The normalized spacial score (nSPS) is 15.2. The molecular formula is C25H31N3O4. The number of amides is 2. The molecule has 0 aliphatic carbocycles. The van der Waals surface area contributed by atoms with Crippen molar-refractivity contribution in [3.8, 4) is 0 Å². The van der Waals surface area contributed by atoms with Gasteiger partial charge in [0.05, 0.1) is 11.0 Å². The smallest absolute Gasteiger partial charge is 0.269 e. The number of fused-ring (bicyclic) bond motifs is 1. The first-order chi connectivity index (χ1) is 15.4. The van der Waals surface area contributed by atoms with Gasteiger partial charge >= 0.3 is 0 Å². The van der Waals surface area contributed by atoms with Crippen molar-refractivity contribution in [2.75, 3.05) is 19.6 Å². The highest BCUT2D eigenvalue weighted by atomic mass is 16.6. The highest BCUT2D eigenvalue weighted by molar-refractivity contribution is 5.96. The number of nitrogens with zero attached hydrogens (tertiary/aromatic N) is 3. The zero-order valence-corrected chi connectivity index (χ0v) is 18.8. The summed E-state index contributed by atoms with van der Waals surface area (Å²) in [5.74, 6) is -0.340. The molecule has 3 rings (SSSR count). The summed E-state index contributed by atoms with van der Waals surface area (Å²) in [6.45, 7) is 5.28. The summed E-state index contributed by atoms with van der Waals surface area (Å²) in [6, 6.07) is 13.7. The second-order valence-electron chi connectivity index (χ2n) is 8.30. The van der Waals surface area contributed by atoms with Crippen LogP contribution in [0, 0.1) is 10.1 Å².